The predicted molar refractivity (Wildman–Crippen MR) is 50.1 cm³/mol. The third kappa shape index (κ3) is 2.18. The molecule has 1 aliphatic heterocycles. The van der Waals surface area contributed by atoms with Crippen LogP contribution in [0.1, 0.15) is 26.7 Å². The van der Waals surface area contributed by atoms with Crippen molar-refractivity contribution in [2.75, 3.05) is 19.6 Å². The molecule has 0 atom stereocenters. The molecule has 0 N–H and O–H groups in total. The standard InChI is InChI=1S/C10H17NO/c1-3-6-11-7-5-10(12)9(4-2)8-11/h4H,3,5-8H2,1-2H3/b9-4+. The summed E-state index contributed by atoms with van der Waals surface area (Å²) in [7, 11) is 0. The maximum absolute atomic E-state index is 11.3. The summed E-state index contributed by atoms with van der Waals surface area (Å²) >= 11 is 0. The number of carbonyl (C=O) groups excluding carboxylic acids is 1. The molecule has 1 aliphatic rings. The van der Waals surface area contributed by atoms with Gasteiger partial charge in [-0.25, -0.2) is 0 Å². The fourth-order valence-corrected chi connectivity index (χ4v) is 1.59. The van der Waals surface area contributed by atoms with Crippen LogP contribution in [0.4, 0.5) is 0 Å². The van der Waals surface area contributed by atoms with Gasteiger partial charge in [0, 0.05) is 25.1 Å². The van der Waals surface area contributed by atoms with Crippen LogP contribution in [0.5, 0.6) is 0 Å². The first-order chi connectivity index (χ1) is 5.77. The van der Waals surface area contributed by atoms with Crippen molar-refractivity contribution < 1.29 is 4.79 Å². The zero-order valence-corrected chi connectivity index (χ0v) is 7.97. The summed E-state index contributed by atoms with van der Waals surface area (Å²) < 4.78 is 0. The Balaban J connectivity index is 2.50. The van der Waals surface area contributed by atoms with E-state index in [0.717, 1.165) is 25.2 Å². The van der Waals surface area contributed by atoms with Crippen molar-refractivity contribution in [2.24, 2.45) is 0 Å². The number of nitrogens with zero attached hydrogens (tertiary/aromatic N) is 1. The second kappa shape index (κ2) is 4.41. The minimum atomic E-state index is 0.338. The lowest BCUT2D eigenvalue weighted by Gasteiger charge is -2.26. The number of carbonyl (C=O) groups is 1. The second-order valence-electron chi connectivity index (χ2n) is 3.26. The molecule has 2 heteroatoms. The third-order valence-electron chi connectivity index (χ3n) is 2.30. The van der Waals surface area contributed by atoms with Crippen LogP contribution in [-0.4, -0.2) is 30.3 Å². The van der Waals surface area contributed by atoms with E-state index in [1.165, 1.54) is 6.42 Å². The minimum absolute atomic E-state index is 0.338. The van der Waals surface area contributed by atoms with Gasteiger partial charge in [-0.1, -0.05) is 13.0 Å². The summed E-state index contributed by atoms with van der Waals surface area (Å²) in [5.74, 6) is 0.338. The number of rotatable bonds is 2. The minimum Gasteiger partial charge on any atom is -0.299 e. The average Bonchev–Trinajstić information content (AvgIpc) is 2.09. The molecular weight excluding hydrogens is 150 g/mol. The number of Topliss-reactive ketones (excluding diaryl/α,β-unsaturated/α-hetero) is 1. The van der Waals surface area contributed by atoms with Crippen LogP contribution in [0.3, 0.4) is 0 Å². The predicted octanol–water partition coefficient (Wildman–Crippen LogP) is 1.62. The molecule has 0 aromatic heterocycles. The summed E-state index contributed by atoms with van der Waals surface area (Å²) in [6.45, 7) is 7.05. The molecule has 0 radical (unpaired) electrons. The topological polar surface area (TPSA) is 20.3 Å². The smallest absolute Gasteiger partial charge is 0.161 e. The van der Waals surface area contributed by atoms with Crippen LogP contribution in [0, 0.1) is 0 Å². The van der Waals surface area contributed by atoms with Gasteiger partial charge in [0.25, 0.3) is 0 Å². The summed E-state index contributed by atoms with van der Waals surface area (Å²) in [5.41, 5.74) is 0.995. The Hall–Kier alpha value is -0.630. The molecular formula is C10H17NO. The molecule has 1 rings (SSSR count). The van der Waals surface area contributed by atoms with Crippen molar-refractivity contribution in [1.82, 2.24) is 4.90 Å². The van der Waals surface area contributed by atoms with Crippen LogP contribution in [0.2, 0.25) is 0 Å². The zero-order valence-electron chi connectivity index (χ0n) is 7.97. The summed E-state index contributed by atoms with van der Waals surface area (Å²) in [4.78, 5) is 13.6. The van der Waals surface area contributed by atoms with Crippen LogP contribution >= 0.6 is 0 Å². The van der Waals surface area contributed by atoms with Gasteiger partial charge in [-0.05, 0) is 19.9 Å². The molecule has 68 valence electrons. The van der Waals surface area contributed by atoms with Crippen molar-refractivity contribution in [1.29, 1.82) is 0 Å². The molecule has 2 nitrogen and oxygen atoms in total. The third-order valence-corrected chi connectivity index (χ3v) is 2.30. The fourth-order valence-electron chi connectivity index (χ4n) is 1.59. The number of hydrogen-bond acceptors (Lipinski definition) is 2. The highest BCUT2D eigenvalue weighted by Crippen LogP contribution is 2.11. The van der Waals surface area contributed by atoms with E-state index < -0.39 is 0 Å². The summed E-state index contributed by atoms with van der Waals surface area (Å²) in [5, 5.41) is 0. The van der Waals surface area contributed by atoms with E-state index >= 15 is 0 Å². The first-order valence-electron chi connectivity index (χ1n) is 4.68. The SMILES string of the molecule is C/C=C1\CN(CCC)CCC1=O. The number of piperidine rings is 1. The van der Waals surface area contributed by atoms with E-state index in [2.05, 4.69) is 11.8 Å². The highest BCUT2D eigenvalue weighted by molar-refractivity contribution is 5.96. The van der Waals surface area contributed by atoms with Gasteiger partial charge in [0.15, 0.2) is 5.78 Å². The van der Waals surface area contributed by atoms with Crippen molar-refractivity contribution in [3.8, 4) is 0 Å². The Morgan fingerprint density at radius 2 is 2.33 bits per heavy atom. The maximum atomic E-state index is 11.3. The largest absolute Gasteiger partial charge is 0.299 e. The van der Waals surface area contributed by atoms with Gasteiger partial charge in [0.1, 0.15) is 0 Å². The van der Waals surface area contributed by atoms with Crippen molar-refractivity contribution >= 4 is 5.78 Å². The summed E-state index contributed by atoms with van der Waals surface area (Å²) in [6, 6.07) is 0. The van der Waals surface area contributed by atoms with E-state index in [9.17, 15) is 4.79 Å². The van der Waals surface area contributed by atoms with E-state index in [1.807, 2.05) is 13.0 Å². The number of hydrogen-bond donors (Lipinski definition) is 0. The molecule has 0 bridgehead atoms. The Kier molecular flexibility index (Phi) is 3.48. The number of ketones is 1. The lowest BCUT2D eigenvalue weighted by Crippen LogP contribution is -2.36. The van der Waals surface area contributed by atoms with E-state index in [0.29, 0.717) is 12.2 Å². The highest BCUT2D eigenvalue weighted by Gasteiger charge is 2.19. The molecule has 1 fully saturated rings. The Bertz CT molecular complexity index is 196. The molecule has 1 saturated heterocycles. The van der Waals surface area contributed by atoms with Crippen molar-refractivity contribution in [3.63, 3.8) is 0 Å². The zero-order chi connectivity index (χ0) is 8.97. The molecule has 0 aromatic rings. The molecule has 0 spiro atoms. The molecule has 0 aromatic carbocycles. The molecule has 0 amide bonds. The monoisotopic (exact) mass is 167 g/mol. The number of allylic oxidation sites excluding steroid dienone is 1. The van der Waals surface area contributed by atoms with Gasteiger partial charge in [0.2, 0.25) is 0 Å². The first kappa shape index (κ1) is 9.46. The lowest BCUT2D eigenvalue weighted by molar-refractivity contribution is -0.117. The van der Waals surface area contributed by atoms with E-state index in [-0.39, 0.29) is 0 Å². The molecule has 1 heterocycles. The molecule has 0 aliphatic carbocycles. The quantitative estimate of drug-likeness (QED) is 0.582. The van der Waals surface area contributed by atoms with Gasteiger partial charge >= 0.3 is 0 Å². The van der Waals surface area contributed by atoms with Crippen LogP contribution in [0.25, 0.3) is 0 Å². The van der Waals surface area contributed by atoms with Gasteiger partial charge in [-0.15, -0.1) is 0 Å². The number of likely N-dealkylation sites (tertiary alicyclic amines) is 1. The maximum Gasteiger partial charge on any atom is 0.161 e. The van der Waals surface area contributed by atoms with Gasteiger partial charge < -0.3 is 0 Å². The lowest BCUT2D eigenvalue weighted by atomic mass is 10.0. The van der Waals surface area contributed by atoms with Crippen LogP contribution in [-0.2, 0) is 4.79 Å². The molecule has 0 unspecified atom stereocenters. The Labute approximate surface area is 74.2 Å². The molecule has 0 saturated carbocycles. The highest BCUT2D eigenvalue weighted by atomic mass is 16.1. The Morgan fingerprint density at radius 3 is 2.92 bits per heavy atom. The van der Waals surface area contributed by atoms with Crippen LogP contribution in [0.15, 0.2) is 11.6 Å². The summed E-state index contributed by atoms with van der Waals surface area (Å²) in [6.07, 6.45) is 3.83. The second-order valence-corrected chi connectivity index (χ2v) is 3.26. The normalized spacial score (nSPS) is 23.5. The van der Waals surface area contributed by atoms with Crippen LogP contribution < -0.4 is 0 Å². The Morgan fingerprint density at radius 1 is 1.58 bits per heavy atom. The fraction of sp³-hybridized carbons (Fsp3) is 0.700. The van der Waals surface area contributed by atoms with Gasteiger partial charge in [-0.2, -0.15) is 0 Å². The first-order valence-corrected chi connectivity index (χ1v) is 4.68. The van der Waals surface area contributed by atoms with Crippen molar-refractivity contribution in [2.45, 2.75) is 26.7 Å². The van der Waals surface area contributed by atoms with Crippen molar-refractivity contribution in [3.05, 3.63) is 11.6 Å². The van der Waals surface area contributed by atoms with Gasteiger partial charge in [-0.3, -0.25) is 9.69 Å². The average molecular weight is 167 g/mol. The van der Waals surface area contributed by atoms with E-state index in [1.54, 1.807) is 0 Å². The molecule has 12 heavy (non-hydrogen) atoms. The van der Waals surface area contributed by atoms with E-state index in [4.69, 9.17) is 0 Å². The van der Waals surface area contributed by atoms with Gasteiger partial charge in [0.05, 0.1) is 0 Å².